The minimum Gasteiger partial charge on any atom is -0.423 e. The van der Waals surface area contributed by atoms with Crippen LogP contribution < -0.4 is 16.4 Å². The van der Waals surface area contributed by atoms with E-state index in [-0.39, 0.29) is 36.4 Å². The second-order valence-corrected chi connectivity index (χ2v) is 20.3. The van der Waals surface area contributed by atoms with Crippen molar-refractivity contribution < 1.29 is 69.8 Å². The molecule has 0 aliphatic carbocycles. The Kier molecular flexibility index (Phi) is 15.8. The third kappa shape index (κ3) is 12.5. The maximum absolute atomic E-state index is 13.2. The van der Waals surface area contributed by atoms with Crippen LogP contribution in [0, 0.1) is 27.7 Å². The van der Waals surface area contributed by atoms with Gasteiger partial charge in [0.15, 0.2) is 23.0 Å². The summed E-state index contributed by atoms with van der Waals surface area (Å²) < 4.78 is 95.6. The van der Waals surface area contributed by atoms with E-state index in [1.165, 1.54) is 19.9 Å². The lowest BCUT2D eigenvalue weighted by molar-refractivity contribution is -0.141. The van der Waals surface area contributed by atoms with E-state index in [1.807, 2.05) is 52.0 Å². The molecule has 21 heteroatoms. The molecule has 0 saturated carbocycles. The summed E-state index contributed by atoms with van der Waals surface area (Å²) in [5.41, 5.74) is 4.24. The second kappa shape index (κ2) is 21.0. The number of hydrogen-bond donors (Lipinski definition) is 3. The summed E-state index contributed by atoms with van der Waals surface area (Å²) in [7, 11) is -3.18. The molecule has 9 rings (SSSR count). The van der Waals surface area contributed by atoms with Crippen molar-refractivity contribution in [1.29, 1.82) is 0 Å². The quantitative estimate of drug-likeness (QED) is 0.0734. The number of carbonyl (C=O) groups is 3. The fourth-order valence-corrected chi connectivity index (χ4v) is 9.30. The molecule has 12 nitrogen and oxygen atoms in total. The molecule has 3 aromatic heterocycles. The van der Waals surface area contributed by atoms with Crippen LogP contribution in [0.15, 0.2) is 91.3 Å². The molecule has 0 bridgehead atoms. The fourth-order valence-electron chi connectivity index (χ4n) is 9.30. The Morgan fingerprint density at radius 3 is 1.36 bits per heavy atom. The largest absolute Gasteiger partial charge is 0.492 e. The van der Waals surface area contributed by atoms with Gasteiger partial charge in [-0.05, 0) is 149 Å². The van der Waals surface area contributed by atoms with Crippen molar-refractivity contribution in [3.05, 3.63) is 175 Å². The Hall–Kier alpha value is -6.35. The van der Waals surface area contributed by atoms with Crippen LogP contribution in [0.25, 0.3) is 0 Å². The van der Waals surface area contributed by atoms with Crippen molar-refractivity contribution in [1.82, 2.24) is 15.0 Å². The summed E-state index contributed by atoms with van der Waals surface area (Å²) in [6.45, 7) is 17.8. The van der Waals surface area contributed by atoms with E-state index in [4.69, 9.17) is 14.0 Å². The molecular weight excluding hydrogens is 981 g/mol. The highest BCUT2D eigenvalue weighted by atomic mass is 19.4. The molecule has 3 aromatic carbocycles. The minimum absolute atomic E-state index is 0.0215. The average Bonchev–Trinajstić information content (AvgIpc) is 3.80. The lowest BCUT2D eigenvalue weighted by Crippen LogP contribution is -2.29. The summed E-state index contributed by atoms with van der Waals surface area (Å²) in [6, 6.07) is 21.0. The van der Waals surface area contributed by atoms with Gasteiger partial charge in [0, 0.05) is 65.4 Å². The van der Waals surface area contributed by atoms with E-state index < -0.39 is 84.5 Å². The Morgan fingerprint density at radius 1 is 0.520 bits per heavy atom. The molecule has 0 saturated heterocycles. The Labute approximate surface area is 431 Å². The third-order valence-electron chi connectivity index (χ3n) is 13.3. The molecule has 6 heterocycles. The molecule has 0 spiro atoms. The molecule has 0 atom stereocenters. The minimum atomic E-state index is -4.71. The number of ketones is 3. The van der Waals surface area contributed by atoms with E-state index >= 15 is 0 Å². The number of aryl methyl sites for hydroxylation is 4. The average molecular weight is 1040 g/mol. The van der Waals surface area contributed by atoms with Crippen LogP contribution in [0.5, 0.6) is 0 Å². The number of pyridine rings is 3. The SMILES string of the molecule is Cc1cc(C(=O)Cc2ccc3c(c2)B(O)OC3(C)C)cnc1C.Cc1cc(C(F)(F)F)c(C(=O)Cc2ccc3c(c2)B(O)OC3(C)C)cn1.Cc1ccc(C(=O)Cc2ccc3c(c2)B(O)OC3(C)C)c(C(F)(F)F)n1. The third-order valence-corrected chi connectivity index (χ3v) is 13.3. The fraction of sp³-hybridized carbons (Fsp3) is 0.333. The first kappa shape index (κ1) is 56.4. The number of hydrogen-bond acceptors (Lipinski definition) is 12. The zero-order valence-corrected chi connectivity index (χ0v) is 42.9. The molecule has 0 radical (unpaired) electrons. The van der Waals surface area contributed by atoms with E-state index in [0.29, 0.717) is 27.6 Å². The zero-order chi connectivity index (χ0) is 55.3. The molecule has 0 amide bonds. The van der Waals surface area contributed by atoms with Gasteiger partial charge in [-0.1, -0.05) is 54.6 Å². The van der Waals surface area contributed by atoms with Crippen LogP contribution in [0.2, 0.25) is 0 Å². The molecule has 3 aliphatic heterocycles. The van der Waals surface area contributed by atoms with Crippen molar-refractivity contribution in [2.24, 2.45) is 0 Å². The number of aromatic nitrogens is 3. The lowest BCUT2D eigenvalue weighted by atomic mass is 9.77. The standard InChI is InChI=1S/2C18H17BF3NO3.C18H20BNO3/c1-10-4-6-12(16(23-10)18(20,21)22)15(24)9-11-5-7-13-14(8-11)19(25)26-17(13,2)3;1-10-6-14(18(20,21)22)12(9-23-10)16(24)8-11-4-5-13-15(7-11)19(25)26-17(13,2)3;1-11-7-14(10-20-12(11)2)17(21)9-13-5-6-15-16(8-13)19(22)23-18(15,3)4/h4-8,25H,9H2,1-3H3;4-7,9,25H,8H2,1-3H3;5-8,10,22H,9H2,1-4H3. The number of halogens is 6. The van der Waals surface area contributed by atoms with Gasteiger partial charge in [-0.3, -0.25) is 24.4 Å². The van der Waals surface area contributed by atoms with Gasteiger partial charge in [0.1, 0.15) is 0 Å². The number of benzene rings is 3. The number of alkyl halides is 6. The van der Waals surface area contributed by atoms with Gasteiger partial charge in [-0.2, -0.15) is 26.3 Å². The second-order valence-electron chi connectivity index (χ2n) is 20.3. The van der Waals surface area contributed by atoms with Crippen molar-refractivity contribution in [3.63, 3.8) is 0 Å². The summed E-state index contributed by atoms with van der Waals surface area (Å²) in [5, 5.41) is 30.1. The monoisotopic (exact) mass is 1040 g/mol. The van der Waals surface area contributed by atoms with Crippen molar-refractivity contribution >= 4 is 55.1 Å². The molecular formula is C54H54B3F6N3O9. The van der Waals surface area contributed by atoms with Crippen molar-refractivity contribution in [3.8, 4) is 0 Å². The summed E-state index contributed by atoms with van der Waals surface area (Å²) >= 11 is 0. The normalized spacial score (nSPS) is 15.8. The Morgan fingerprint density at radius 2 is 0.947 bits per heavy atom. The van der Waals surface area contributed by atoms with Crippen LogP contribution in [0.3, 0.4) is 0 Å². The lowest BCUT2D eigenvalue weighted by Gasteiger charge is -2.19. The number of fused-ring (bicyclic) bond motifs is 3. The van der Waals surface area contributed by atoms with Gasteiger partial charge in [0.25, 0.3) is 0 Å². The number of rotatable bonds is 9. The first-order valence-electron chi connectivity index (χ1n) is 23.8. The van der Waals surface area contributed by atoms with E-state index in [9.17, 15) is 55.8 Å². The van der Waals surface area contributed by atoms with E-state index in [0.717, 1.165) is 57.3 Å². The summed E-state index contributed by atoms with van der Waals surface area (Å²) in [5.74, 6) is -1.34. The maximum atomic E-state index is 13.2. The highest BCUT2D eigenvalue weighted by Crippen LogP contribution is 2.36. The first-order chi connectivity index (χ1) is 34.7. The Bertz CT molecular complexity index is 3080. The molecule has 0 fully saturated rings. The van der Waals surface area contributed by atoms with Crippen molar-refractivity contribution in [2.75, 3.05) is 0 Å². The highest BCUT2D eigenvalue weighted by molar-refractivity contribution is 6.62. The number of carbonyl (C=O) groups excluding carboxylic acids is 3. The number of nitrogens with zero attached hydrogens (tertiary/aromatic N) is 3. The van der Waals surface area contributed by atoms with Crippen LogP contribution in [-0.4, -0.2) is 68.7 Å². The topological polar surface area (TPSA) is 178 Å². The smallest absolute Gasteiger partial charge is 0.423 e. The molecule has 3 aliphatic rings. The molecule has 6 aromatic rings. The van der Waals surface area contributed by atoms with Crippen LogP contribution in [0.4, 0.5) is 26.3 Å². The predicted molar refractivity (Wildman–Crippen MR) is 270 cm³/mol. The molecule has 3 N–H and O–H groups in total. The maximum Gasteiger partial charge on any atom is 0.492 e. The van der Waals surface area contributed by atoms with Crippen molar-refractivity contribution in [2.45, 2.75) is 118 Å². The van der Waals surface area contributed by atoms with E-state index in [2.05, 4.69) is 15.0 Å². The molecule has 0 unspecified atom stereocenters. The Balaban J connectivity index is 0.000000164. The van der Waals surface area contributed by atoms with Gasteiger partial charge in [0.2, 0.25) is 0 Å². The molecule has 75 heavy (non-hydrogen) atoms. The van der Waals surface area contributed by atoms with Crippen LogP contribution >= 0.6 is 0 Å². The van der Waals surface area contributed by atoms with Gasteiger partial charge < -0.3 is 29.0 Å². The first-order valence-corrected chi connectivity index (χ1v) is 23.8. The summed E-state index contributed by atoms with van der Waals surface area (Å²) in [4.78, 5) is 49.0. The van der Waals surface area contributed by atoms with Crippen LogP contribution in [-0.2, 0) is 62.4 Å². The van der Waals surface area contributed by atoms with Gasteiger partial charge in [-0.25, -0.2) is 4.98 Å². The zero-order valence-electron chi connectivity index (χ0n) is 42.9. The number of Topliss-reactive ketones (excluding diaryl/α,β-unsaturated/α-hetero) is 3. The molecule has 390 valence electrons. The van der Waals surface area contributed by atoms with Gasteiger partial charge in [-0.15, -0.1) is 0 Å². The van der Waals surface area contributed by atoms with Gasteiger partial charge >= 0.3 is 33.7 Å². The van der Waals surface area contributed by atoms with Gasteiger partial charge in [0.05, 0.1) is 22.4 Å². The van der Waals surface area contributed by atoms with Crippen LogP contribution in [0.1, 0.15) is 140 Å². The summed E-state index contributed by atoms with van der Waals surface area (Å²) in [6.07, 6.45) is -6.92. The highest BCUT2D eigenvalue weighted by Gasteiger charge is 2.44. The van der Waals surface area contributed by atoms with E-state index in [1.54, 1.807) is 70.3 Å². The predicted octanol–water partition coefficient (Wildman–Crippen LogP) is 7.65.